The molecule has 2 amide bonds. The van der Waals surface area contributed by atoms with Gasteiger partial charge in [-0.1, -0.05) is 0 Å². The van der Waals surface area contributed by atoms with Gasteiger partial charge >= 0.3 is 0 Å². The molecule has 0 radical (unpaired) electrons. The van der Waals surface area contributed by atoms with Crippen molar-refractivity contribution in [3.63, 3.8) is 0 Å². The Labute approximate surface area is 164 Å². The predicted molar refractivity (Wildman–Crippen MR) is 107 cm³/mol. The number of carbonyl (C=O) groups is 2. The van der Waals surface area contributed by atoms with Gasteiger partial charge in [0.15, 0.2) is 11.5 Å². The summed E-state index contributed by atoms with van der Waals surface area (Å²) in [6.07, 6.45) is 0.834. The van der Waals surface area contributed by atoms with Crippen LogP contribution in [0.2, 0.25) is 0 Å². The summed E-state index contributed by atoms with van der Waals surface area (Å²) in [7, 11) is 3.24. The maximum Gasteiger partial charge on any atom is 0.248 e. The number of nitrogens with one attached hydrogen (secondary N) is 1. The quantitative estimate of drug-likeness (QED) is 0.797. The van der Waals surface area contributed by atoms with E-state index in [0.29, 0.717) is 23.5 Å². The van der Waals surface area contributed by atoms with Crippen LogP contribution in [0.5, 0.6) is 11.5 Å². The van der Waals surface area contributed by atoms with Crippen molar-refractivity contribution in [1.82, 2.24) is 4.90 Å². The van der Waals surface area contributed by atoms with E-state index in [1.807, 2.05) is 19.1 Å². The van der Waals surface area contributed by atoms with Crippen LogP contribution in [0.15, 0.2) is 36.4 Å². The summed E-state index contributed by atoms with van der Waals surface area (Å²) < 4.78 is 10.8. The van der Waals surface area contributed by atoms with Crippen molar-refractivity contribution < 1.29 is 19.1 Å². The zero-order valence-electron chi connectivity index (χ0n) is 16.3. The van der Waals surface area contributed by atoms with Crippen LogP contribution < -0.4 is 20.5 Å². The number of benzene rings is 2. The summed E-state index contributed by atoms with van der Waals surface area (Å²) in [5.41, 5.74) is 8.62. The van der Waals surface area contributed by atoms with Crippen molar-refractivity contribution >= 4 is 17.5 Å². The highest BCUT2D eigenvalue weighted by atomic mass is 16.5. The first-order valence-corrected chi connectivity index (χ1v) is 9.11. The van der Waals surface area contributed by atoms with Gasteiger partial charge in [0, 0.05) is 24.3 Å². The smallest absolute Gasteiger partial charge is 0.248 e. The summed E-state index contributed by atoms with van der Waals surface area (Å²) in [5.74, 6) is 0.815. The fourth-order valence-electron chi connectivity index (χ4n) is 3.37. The SMILES string of the molecule is COc1cc2c(cc1OC)CN([C@@H](C)C(=O)Nc1ccc(C(N)=O)cc1)CC2. The maximum absolute atomic E-state index is 12.7. The molecule has 7 heteroatoms. The summed E-state index contributed by atoms with van der Waals surface area (Å²) in [4.78, 5) is 26.0. The van der Waals surface area contributed by atoms with Gasteiger partial charge < -0.3 is 20.5 Å². The second-order valence-corrected chi connectivity index (χ2v) is 6.80. The van der Waals surface area contributed by atoms with Crippen LogP contribution in [0.3, 0.4) is 0 Å². The predicted octanol–water partition coefficient (Wildman–Crippen LogP) is 2.19. The Bertz CT molecular complexity index is 880. The second kappa shape index (κ2) is 8.31. The first-order valence-electron chi connectivity index (χ1n) is 9.11. The molecule has 0 aromatic heterocycles. The number of ether oxygens (including phenoxy) is 2. The zero-order chi connectivity index (χ0) is 20.3. The third kappa shape index (κ3) is 4.09. The topological polar surface area (TPSA) is 93.9 Å². The van der Waals surface area contributed by atoms with E-state index >= 15 is 0 Å². The van der Waals surface area contributed by atoms with Crippen LogP contribution in [0, 0.1) is 0 Å². The fraction of sp³-hybridized carbons (Fsp3) is 0.333. The molecule has 28 heavy (non-hydrogen) atoms. The maximum atomic E-state index is 12.7. The monoisotopic (exact) mass is 383 g/mol. The third-order valence-corrected chi connectivity index (χ3v) is 5.11. The van der Waals surface area contributed by atoms with Crippen molar-refractivity contribution in [1.29, 1.82) is 0 Å². The Balaban J connectivity index is 1.68. The highest BCUT2D eigenvalue weighted by Crippen LogP contribution is 2.33. The molecule has 0 bridgehead atoms. The Morgan fingerprint density at radius 3 is 2.25 bits per heavy atom. The van der Waals surface area contributed by atoms with Crippen molar-refractivity contribution in [2.75, 3.05) is 26.1 Å². The molecule has 3 N–H and O–H groups in total. The highest BCUT2D eigenvalue weighted by Gasteiger charge is 2.26. The molecular weight excluding hydrogens is 358 g/mol. The summed E-state index contributed by atoms with van der Waals surface area (Å²) in [6, 6.07) is 10.2. The van der Waals surface area contributed by atoms with E-state index in [-0.39, 0.29) is 11.9 Å². The van der Waals surface area contributed by atoms with Gasteiger partial charge in [-0.05, 0) is 60.9 Å². The molecule has 0 saturated carbocycles. The van der Waals surface area contributed by atoms with Gasteiger partial charge in [0.2, 0.25) is 11.8 Å². The third-order valence-electron chi connectivity index (χ3n) is 5.11. The minimum atomic E-state index is -0.495. The molecule has 2 aromatic rings. The molecule has 2 aromatic carbocycles. The Morgan fingerprint density at radius 1 is 1.07 bits per heavy atom. The lowest BCUT2D eigenvalue weighted by Gasteiger charge is -2.33. The highest BCUT2D eigenvalue weighted by molar-refractivity contribution is 5.96. The number of hydrogen-bond donors (Lipinski definition) is 2. The molecule has 7 nitrogen and oxygen atoms in total. The molecule has 1 aliphatic rings. The normalized spacial score (nSPS) is 14.7. The number of carbonyl (C=O) groups excluding carboxylic acids is 2. The number of anilines is 1. The van der Waals surface area contributed by atoms with E-state index in [1.165, 1.54) is 5.56 Å². The molecule has 0 spiro atoms. The largest absolute Gasteiger partial charge is 0.493 e. The number of primary amides is 1. The molecule has 0 aliphatic carbocycles. The summed E-state index contributed by atoms with van der Waals surface area (Å²) >= 11 is 0. The van der Waals surface area contributed by atoms with Gasteiger partial charge in [0.05, 0.1) is 20.3 Å². The number of methoxy groups -OCH3 is 2. The van der Waals surface area contributed by atoms with E-state index in [9.17, 15) is 9.59 Å². The zero-order valence-corrected chi connectivity index (χ0v) is 16.3. The molecular formula is C21H25N3O4. The standard InChI is InChI=1S/C21H25N3O4/c1-13(21(26)23-17-6-4-14(5-7-17)20(22)25)24-9-8-15-10-18(27-2)19(28-3)11-16(15)12-24/h4-7,10-11,13H,8-9,12H2,1-3H3,(H2,22,25)(H,23,26)/t13-/m0/s1. The van der Waals surface area contributed by atoms with Gasteiger partial charge in [-0.3, -0.25) is 14.5 Å². The van der Waals surface area contributed by atoms with Crippen molar-refractivity contribution in [3.8, 4) is 11.5 Å². The van der Waals surface area contributed by atoms with Crippen LogP contribution in [0.25, 0.3) is 0 Å². The van der Waals surface area contributed by atoms with Crippen LogP contribution in [-0.2, 0) is 17.8 Å². The minimum absolute atomic E-state index is 0.101. The molecule has 0 fully saturated rings. The minimum Gasteiger partial charge on any atom is -0.493 e. The lowest BCUT2D eigenvalue weighted by atomic mass is 9.97. The van der Waals surface area contributed by atoms with Crippen LogP contribution >= 0.6 is 0 Å². The van der Waals surface area contributed by atoms with Crippen LogP contribution in [0.1, 0.15) is 28.4 Å². The first kappa shape index (κ1) is 19.7. The van der Waals surface area contributed by atoms with Crippen molar-refractivity contribution in [3.05, 3.63) is 53.1 Å². The van der Waals surface area contributed by atoms with E-state index < -0.39 is 5.91 Å². The lowest BCUT2D eigenvalue weighted by molar-refractivity contribution is -0.121. The van der Waals surface area contributed by atoms with Crippen molar-refractivity contribution in [2.45, 2.75) is 25.9 Å². The number of rotatable bonds is 6. The number of fused-ring (bicyclic) bond motifs is 1. The number of nitrogens with zero attached hydrogens (tertiary/aromatic N) is 1. The van der Waals surface area contributed by atoms with Crippen LogP contribution in [-0.4, -0.2) is 43.5 Å². The van der Waals surface area contributed by atoms with Crippen molar-refractivity contribution in [2.24, 2.45) is 5.73 Å². The number of amides is 2. The molecule has 3 rings (SSSR count). The van der Waals surface area contributed by atoms with Gasteiger partial charge in [0.1, 0.15) is 0 Å². The van der Waals surface area contributed by atoms with Gasteiger partial charge in [-0.15, -0.1) is 0 Å². The van der Waals surface area contributed by atoms with Gasteiger partial charge in [-0.2, -0.15) is 0 Å². The van der Waals surface area contributed by atoms with E-state index in [1.54, 1.807) is 38.5 Å². The first-order chi connectivity index (χ1) is 13.4. The average molecular weight is 383 g/mol. The number of hydrogen-bond acceptors (Lipinski definition) is 5. The van der Waals surface area contributed by atoms with E-state index in [4.69, 9.17) is 15.2 Å². The average Bonchev–Trinajstić information content (AvgIpc) is 2.71. The Kier molecular flexibility index (Phi) is 5.84. The van der Waals surface area contributed by atoms with Crippen LogP contribution in [0.4, 0.5) is 5.69 Å². The van der Waals surface area contributed by atoms with Gasteiger partial charge in [0.25, 0.3) is 0 Å². The number of nitrogens with two attached hydrogens (primary N) is 1. The molecule has 1 heterocycles. The molecule has 1 aliphatic heterocycles. The Hall–Kier alpha value is -3.06. The molecule has 0 saturated heterocycles. The van der Waals surface area contributed by atoms with E-state index in [2.05, 4.69) is 10.2 Å². The Morgan fingerprint density at radius 2 is 1.68 bits per heavy atom. The fourth-order valence-corrected chi connectivity index (χ4v) is 3.37. The summed E-state index contributed by atoms with van der Waals surface area (Å²) in [6.45, 7) is 3.32. The molecule has 1 atom stereocenters. The molecule has 148 valence electrons. The van der Waals surface area contributed by atoms with E-state index in [0.717, 1.165) is 24.3 Å². The van der Waals surface area contributed by atoms with Gasteiger partial charge in [-0.25, -0.2) is 0 Å². The molecule has 0 unspecified atom stereocenters. The lowest BCUT2D eigenvalue weighted by Crippen LogP contribution is -2.44. The second-order valence-electron chi connectivity index (χ2n) is 6.80. The summed E-state index contributed by atoms with van der Waals surface area (Å²) in [5, 5.41) is 2.89.